The van der Waals surface area contributed by atoms with Crippen LogP contribution in [0.15, 0.2) is 24.3 Å². The van der Waals surface area contributed by atoms with Crippen molar-refractivity contribution in [2.75, 3.05) is 0 Å². The standard InChI is InChI=1S/C14H16N2S/c17-14-11-8-4-5-9-12(11)15-13(16-14)10-6-2-1-3-7-10/h4-5,8-10H,1-3,6-7H2,(H,15,16,17). The Balaban J connectivity index is 2.08. The van der Waals surface area contributed by atoms with Crippen LogP contribution in [-0.2, 0) is 0 Å². The molecular formula is C14H16N2S. The zero-order valence-electron chi connectivity index (χ0n) is 9.78. The van der Waals surface area contributed by atoms with E-state index in [1.54, 1.807) is 0 Å². The lowest BCUT2D eigenvalue weighted by molar-refractivity contribution is 0.429. The highest BCUT2D eigenvalue weighted by molar-refractivity contribution is 7.71. The average Bonchev–Trinajstić information content (AvgIpc) is 2.40. The third kappa shape index (κ3) is 2.12. The maximum absolute atomic E-state index is 5.38. The molecule has 88 valence electrons. The fourth-order valence-corrected chi connectivity index (χ4v) is 2.96. The molecule has 1 fully saturated rings. The van der Waals surface area contributed by atoms with Crippen molar-refractivity contribution < 1.29 is 0 Å². The number of benzene rings is 1. The van der Waals surface area contributed by atoms with Crippen LogP contribution in [0.2, 0.25) is 0 Å². The van der Waals surface area contributed by atoms with Crippen LogP contribution in [0.1, 0.15) is 43.8 Å². The molecule has 0 spiro atoms. The van der Waals surface area contributed by atoms with Crippen molar-refractivity contribution in [2.45, 2.75) is 38.0 Å². The van der Waals surface area contributed by atoms with Crippen LogP contribution in [0.25, 0.3) is 10.9 Å². The number of nitrogens with zero attached hydrogens (tertiary/aromatic N) is 1. The van der Waals surface area contributed by atoms with Gasteiger partial charge in [-0.3, -0.25) is 0 Å². The van der Waals surface area contributed by atoms with Crippen LogP contribution in [0.4, 0.5) is 0 Å². The van der Waals surface area contributed by atoms with Gasteiger partial charge in [-0.2, -0.15) is 0 Å². The summed E-state index contributed by atoms with van der Waals surface area (Å²) in [4.78, 5) is 8.04. The predicted molar refractivity (Wildman–Crippen MR) is 72.8 cm³/mol. The predicted octanol–water partition coefficient (Wildman–Crippen LogP) is 4.34. The van der Waals surface area contributed by atoms with Crippen LogP contribution < -0.4 is 0 Å². The van der Waals surface area contributed by atoms with Gasteiger partial charge in [-0.25, -0.2) is 4.98 Å². The van der Waals surface area contributed by atoms with E-state index >= 15 is 0 Å². The van der Waals surface area contributed by atoms with Crippen molar-refractivity contribution in [1.82, 2.24) is 9.97 Å². The van der Waals surface area contributed by atoms with Gasteiger partial charge in [0.1, 0.15) is 10.5 Å². The maximum atomic E-state index is 5.38. The Kier molecular flexibility index (Phi) is 2.93. The fraction of sp³-hybridized carbons (Fsp3) is 0.429. The van der Waals surface area contributed by atoms with Crippen LogP contribution in [0.5, 0.6) is 0 Å². The number of H-pyrrole nitrogens is 1. The lowest BCUT2D eigenvalue weighted by Crippen LogP contribution is -2.09. The summed E-state index contributed by atoms with van der Waals surface area (Å²) in [6.45, 7) is 0. The Hall–Kier alpha value is -1.22. The van der Waals surface area contributed by atoms with E-state index in [0.717, 1.165) is 21.4 Å². The van der Waals surface area contributed by atoms with Gasteiger partial charge in [-0.1, -0.05) is 43.6 Å². The number of rotatable bonds is 1. The van der Waals surface area contributed by atoms with Gasteiger partial charge >= 0.3 is 0 Å². The van der Waals surface area contributed by atoms with Gasteiger partial charge in [0.2, 0.25) is 0 Å². The fourth-order valence-electron chi connectivity index (χ4n) is 2.68. The zero-order valence-corrected chi connectivity index (χ0v) is 10.6. The first kappa shape index (κ1) is 10.9. The highest BCUT2D eigenvalue weighted by Crippen LogP contribution is 2.31. The van der Waals surface area contributed by atoms with Gasteiger partial charge in [-0.05, 0) is 25.0 Å². The van der Waals surface area contributed by atoms with E-state index < -0.39 is 0 Å². The first-order chi connectivity index (χ1) is 8.34. The van der Waals surface area contributed by atoms with Crippen molar-refractivity contribution in [2.24, 2.45) is 0 Å². The minimum atomic E-state index is 0.579. The number of fused-ring (bicyclic) bond motifs is 1. The summed E-state index contributed by atoms with van der Waals surface area (Å²) < 4.78 is 0.736. The minimum absolute atomic E-state index is 0.579. The van der Waals surface area contributed by atoms with Crippen molar-refractivity contribution in [1.29, 1.82) is 0 Å². The second-order valence-electron chi connectivity index (χ2n) is 4.81. The highest BCUT2D eigenvalue weighted by atomic mass is 32.1. The maximum Gasteiger partial charge on any atom is 0.137 e. The lowest BCUT2D eigenvalue weighted by Gasteiger charge is -2.21. The van der Waals surface area contributed by atoms with Crippen LogP contribution in [0.3, 0.4) is 0 Å². The van der Waals surface area contributed by atoms with Crippen molar-refractivity contribution in [3.8, 4) is 0 Å². The number of aromatic amines is 1. The van der Waals surface area contributed by atoms with E-state index in [-0.39, 0.29) is 0 Å². The summed E-state index contributed by atoms with van der Waals surface area (Å²) >= 11 is 5.38. The molecule has 1 aromatic heterocycles. The molecule has 0 atom stereocenters. The molecule has 0 radical (unpaired) electrons. The second-order valence-corrected chi connectivity index (χ2v) is 5.19. The Morgan fingerprint density at radius 3 is 2.71 bits per heavy atom. The molecule has 2 nitrogen and oxygen atoms in total. The quantitative estimate of drug-likeness (QED) is 0.756. The molecule has 0 saturated heterocycles. The molecular weight excluding hydrogens is 228 g/mol. The van der Waals surface area contributed by atoms with E-state index in [0.29, 0.717) is 5.92 Å². The van der Waals surface area contributed by atoms with Crippen LogP contribution >= 0.6 is 12.2 Å². The Morgan fingerprint density at radius 1 is 1.12 bits per heavy atom. The smallest absolute Gasteiger partial charge is 0.137 e. The molecule has 0 aliphatic heterocycles. The number of aromatic nitrogens is 2. The molecule has 0 unspecified atom stereocenters. The number of para-hydroxylation sites is 1. The first-order valence-corrected chi connectivity index (χ1v) is 6.74. The monoisotopic (exact) mass is 244 g/mol. The molecule has 1 aliphatic rings. The van der Waals surface area contributed by atoms with Crippen LogP contribution in [0, 0.1) is 4.64 Å². The molecule has 0 amide bonds. The van der Waals surface area contributed by atoms with E-state index in [4.69, 9.17) is 12.2 Å². The number of nitrogens with one attached hydrogen (secondary N) is 1. The third-order valence-electron chi connectivity index (χ3n) is 3.63. The zero-order chi connectivity index (χ0) is 11.7. The third-order valence-corrected chi connectivity index (χ3v) is 3.95. The topological polar surface area (TPSA) is 28.7 Å². The number of hydrogen-bond acceptors (Lipinski definition) is 2. The van der Waals surface area contributed by atoms with Gasteiger partial charge < -0.3 is 4.98 Å². The average molecular weight is 244 g/mol. The summed E-state index contributed by atoms with van der Waals surface area (Å²) in [5.41, 5.74) is 1.12. The van der Waals surface area contributed by atoms with Crippen molar-refractivity contribution in [3.63, 3.8) is 0 Å². The molecule has 3 heteroatoms. The summed E-state index contributed by atoms with van der Waals surface area (Å²) in [6, 6.07) is 8.16. The van der Waals surface area contributed by atoms with Crippen LogP contribution in [-0.4, -0.2) is 9.97 Å². The summed E-state index contributed by atoms with van der Waals surface area (Å²) in [6.07, 6.45) is 6.50. The Morgan fingerprint density at radius 2 is 1.88 bits per heavy atom. The summed E-state index contributed by atoms with van der Waals surface area (Å²) in [5.74, 6) is 1.67. The van der Waals surface area contributed by atoms with Gasteiger partial charge in [0, 0.05) is 16.8 Å². The summed E-state index contributed by atoms with van der Waals surface area (Å²) in [5, 5.41) is 1.06. The van der Waals surface area contributed by atoms with E-state index in [1.807, 2.05) is 18.2 Å². The lowest BCUT2D eigenvalue weighted by atomic mass is 9.88. The van der Waals surface area contributed by atoms with Gasteiger partial charge in [0.25, 0.3) is 0 Å². The van der Waals surface area contributed by atoms with Crippen molar-refractivity contribution in [3.05, 3.63) is 34.7 Å². The SMILES string of the molecule is S=c1nc(C2CCCCC2)[nH]c2ccccc12. The normalized spacial score (nSPS) is 17.4. The summed E-state index contributed by atoms with van der Waals surface area (Å²) in [7, 11) is 0. The van der Waals surface area contributed by atoms with E-state index in [2.05, 4.69) is 16.0 Å². The molecule has 0 bridgehead atoms. The molecule has 1 N–H and O–H groups in total. The second kappa shape index (κ2) is 4.57. The first-order valence-electron chi connectivity index (χ1n) is 6.33. The Labute approximate surface area is 106 Å². The van der Waals surface area contributed by atoms with E-state index in [1.165, 1.54) is 32.1 Å². The van der Waals surface area contributed by atoms with Gasteiger partial charge in [-0.15, -0.1) is 0 Å². The molecule has 1 heterocycles. The molecule has 3 rings (SSSR count). The van der Waals surface area contributed by atoms with Gasteiger partial charge in [0.15, 0.2) is 0 Å². The van der Waals surface area contributed by atoms with E-state index in [9.17, 15) is 0 Å². The molecule has 2 aromatic rings. The molecule has 17 heavy (non-hydrogen) atoms. The molecule has 1 saturated carbocycles. The Bertz CT molecular complexity index is 582. The largest absolute Gasteiger partial charge is 0.343 e. The molecule has 1 aliphatic carbocycles. The molecule has 1 aromatic carbocycles. The van der Waals surface area contributed by atoms with Crippen molar-refractivity contribution >= 4 is 23.1 Å². The number of hydrogen-bond donors (Lipinski definition) is 1. The highest BCUT2D eigenvalue weighted by Gasteiger charge is 2.17. The van der Waals surface area contributed by atoms with Gasteiger partial charge in [0.05, 0.1) is 0 Å². The minimum Gasteiger partial charge on any atom is -0.343 e.